The van der Waals surface area contributed by atoms with E-state index in [2.05, 4.69) is 37.0 Å². The van der Waals surface area contributed by atoms with Crippen molar-refractivity contribution in [2.24, 2.45) is 15.9 Å². The van der Waals surface area contributed by atoms with Crippen molar-refractivity contribution < 1.29 is 4.79 Å². The molecule has 1 fully saturated rings. The lowest BCUT2D eigenvalue weighted by atomic mass is 9.84. The molecule has 2 aliphatic heterocycles. The number of fused-ring (bicyclic) bond motifs is 1. The van der Waals surface area contributed by atoms with E-state index in [1.54, 1.807) is 12.1 Å². The number of nitrogens with zero attached hydrogens (tertiary/aromatic N) is 5. The maximum Gasteiger partial charge on any atom is 0.326 e. The third kappa shape index (κ3) is 4.43. The van der Waals surface area contributed by atoms with Crippen LogP contribution >= 0.6 is 0 Å². The lowest BCUT2D eigenvalue weighted by molar-refractivity contribution is 0.250. The van der Waals surface area contributed by atoms with Gasteiger partial charge in [-0.15, -0.1) is 0 Å². The number of azide groups is 1. The van der Waals surface area contributed by atoms with Gasteiger partial charge in [-0.2, -0.15) is 0 Å². The van der Waals surface area contributed by atoms with Gasteiger partial charge < -0.3 is 10.7 Å². The van der Waals surface area contributed by atoms with Gasteiger partial charge in [-0.25, -0.2) is 16.3 Å². The average Bonchev–Trinajstić information content (AvgIpc) is 2.83. The summed E-state index contributed by atoms with van der Waals surface area (Å²) in [4.78, 5) is 18.5. The van der Waals surface area contributed by atoms with E-state index in [4.69, 9.17) is 16.4 Å². The van der Waals surface area contributed by atoms with Crippen LogP contribution in [0.2, 0.25) is 0 Å². The molecule has 2 heterocycles. The first-order valence-corrected chi connectivity index (χ1v) is 10.3. The molecule has 2 aromatic rings. The second-order valence-electron chi connectivity index (χ2n) is 7.52. The summed E-state index contributed by atoms with van der Waals surface area (Å²) in [5.41, 5.74) is 22.8. The number of aliphatic imine (C=N–C) groups is 1. The van der Waals surface area contributed by atoms with Crippen molar-refractivity contribution >= 4 is 28.9 Å². The molecule has 12 nitrogen and oxygen atoms in total. The second-order valence-corrected chi connectivity index (χ2v) is 7.52. The smallest absolute Gasteiger partial charge is 0.317 e. The lowest BCUT2D eigenvalue weighted by Crippen LogP contribution is -2.68. The van der Waals surface area contributed by atoms with Gasteiger partial charge in [0.1, 0.15) is 11.4 Å². The molecule has 7 N–H and O–H groups in total. The van der Waals surface area contributed by atoms with Crippen LogP contribution in [0.15, 0.2) is 58.6 Å². The number of para-hydroxylation sites is 2. The van der Waals surface area contributed by atoms with E-state index < -0.39 is 11.6 Å². The summed E-state index contributed by atoms with van der Waals surface area (Å²) >= 11 is 0. The zero-order chi connectivity index (χ0) is 22.4. The standard InChI is InChI=1S/C20H25N11O/c21-30-29-19(32)28-26-15-7-5-14(6-8-15)13-24-27-18-20(9-11-23-12-10-20)31(22)17-4-2-1-3-16(17)25-18/h1-8,23-24,26H,9-13,22H2,(H,25,27)(H,28,32). The van der Waals surface area contributed by atoms with Gasteiger partial charge in [0, 0.05) is 16.6 Å². The molecule has 0 saturated carbocycles. The molecule has 0 bridgehead atoms. The van der Waals surface area contributed by atoms with Crippen molar-refractivity contribution in [3.8, 4) is 0 Å². The number of hydrogen-bond donors (Lipinski definition) is 6. The van der Waals surface area contributed by atoms with Crippen LogP contribution in [-0.4, -0.2) is 30.5 Å². The van der Waals surface area contributed by atoms with Crippen LogP contribution < -0.4 is 37.9 Å². The van der Waals surface area contributed by atoms with E-state index in [1.165, 1.54) is 0 Å². The van der Waals surface area contributed by atoms with Crippen molar-refractivity contribution in [3.05, 3.63) is 64.5 Å². The Labute approximate surface area is 184 Å². The van der Waals surface area contributed by atoms with Gasteiger partial charge in [-0.3, -0.25) is 20.7 Å². The van der Waals surface area contributed by atoms with E-state index in [0.29, 0.717) is 12.2 Å². The summed E-state index contributed by atoms with van der Waals surface area (Å²) in [6.45, 7) is 2.27. The highest BCUT2D eigenvalue weighted by molar-refractivity contribution is 6.00. The van der Waals surface area contributed by atoms with Gasteiger partial charge in [0.15, 0.2) is 0 Å². The number of nitrogens with two attached hydrogens (primary N) is 1. The van der Waals surface area contributed by atoms with E-state index in [-0.39, 0.29) is 0 Å². The maximum atomic E-state index is 11.2. The number of carbonyl (C=O) groups is 1. The molecule has 0 radical (unpaired) electrons. The zero-order valence-corrected chi connectivity index (χ0v) is 17.4. The third-order valence-electron chi connectivity index (χ3n) is 5.61. The highest BCUT2D eigenvalue weighted by Crippen LogP contribution is 2.40. The van der Waals surface area contributed by atoms with Crippen LogP contribution in [0.5, 0.6) is 0 Å². The summed E-state index contributed by atoms with van der Waals surface area (Å²) in [5.74, 6) is 7.41. The minimum absolute atomic E-state index is 0.398. The number of anilines is 2. The van der Waals surface area contributed by atoms with Crippen LogP contribution in [-0.2, 0) is 6.54 Å². The number of amidine groups is 1. The lowest BCUT2D eigenvalue weighted by Gasteiger charge is -2.48. The predicted molar refractivity (Wildman–Crippen MR) is 123 cm³/mol. The molecule has 166 valence electrons. The molecule has 0 aromatic heterocycles. The molecule has 2 aromatic carbocycles. The predicted octanol–water partition coefficient (Wildman–Crippen LogP) is 2.17. The molecule has 1 spiro atoms. The van der Waals surface area contributed by atoms with E-state index >= 15 is 0 Å². The molecule has 1 saturated heterocycles. The average molecular weight is 435 g/mol. The molecule has 2 aliphatic rings. The summed E-state index contributed by atoms with van der Waals surface area (Å²) in [6.07, 6.45) is 1.68. The molecule has 0 aliphatic carbocycles. The molecule has 32 heavy (non-hydrogen) atoms. The number of hydrogen-bond acceptors (Lipinski definition) is 8. The Balaban J connectivity index is 1.40. The second kappa shape index (κ2) is 9.54. The maximum absolute atomic E-state index is 11.2. The van der Waals surface area contributed by atoms with Crippen molar-refractivity contribution in [1.82, 2.24) is 21.6 Å². The van der Waals surface area contributed by atoms with Crippen molar-refractivity contribution in [3.63, 3.8) is 0 Å². The first kappa shape index (κ1) is 21.4. The monoisotopic (exact) mass is 435 g/mol. The van der Waals surface area contributed by atoms with Crippen molar-refractivity contribution in [2.45, 2.75) is 24.9 Å². The first-order chi connectivity index (χ1) is 15.6. The van der Waals surface area contributed by atoms with Gasteiger partial charge in [0.2, 0.25) is 0 Å². The molecule has 4 rings (SSSR count). The fraction of sp³-hybridized carbons (Fsp3) is 0.300. The van der Waals surface area contributed by atoms with Crippen LogP contribution in [0.3, 0.4) is 0 Å². The molecule has 12 heteroatoms. The third-order valence-corrected chi connectivity index (χ3v) is 5.61. The highest BCUT2D eigenvalue weighted by atomic mass is 16.2. The topological polar surface area (TPSA) is 168 Å². The minimum Gasteiger partial charge on any atom is -0.317 e. The number of carbonyl (C=O) groups excluding carboxylic acids is 1. The van der Waals surface area contributed by atoms with Gasteiger partial charge in [0.25, 0.3) is 0 Å². The van der Waals surface area contributed by atoms with Gasteiger partial charge in [-0.1, -0.05) is 24.3 Å². The summed E-state index contributed by atoms with van der Waals surface area (Å²) in [7, 11) is 0. The number of nitrogens with one attached hydrogen (secondary N) is 5. The fourth-order valence-electron chi connectivity index (χ4n) is 3.92. The van der Waals surface area contributed by atoms with Crippen LogP contribution in [0.4, 0.5) is 21.9 Å². The summed E-state index contributed by atoms with van der Waals surface area (Å²) < 4.78 is 0. The number of hydrazine groups is 3. The van der Waals surface area contributed by atoms with E-state index in [9.17, 15) is 4.79 Å². The number of benzene rings is 2. The van der Waals surface area contributed by atoms with Gasteiger partial charge in [0.05, 0.1) is 17.1 Å². The summed E-state index contributed by atoms with van der Waals surface area (Å²) in [5, 5.41) is 8.16. The molecular formula is C20H25N11O. The van der Waals surface area contributed by atoms with Crippen LogP contribution in [0.25, 0.3) is 10.4 Å². The van der Waals surface area contributed by atoms with Crippen LogP contribution in [0.1, 0.15) is 18.4 Å². The quantitative estimate of drug-likeness (QED) is 0.137. The number of rotatable bonds is 5. The Morgan fingerprint density at radius 3 is 2.69 bits per heavy atom. The molecule has 0 atom stereocenters. The SMILES string of the molecule is [N-]=[N+]=NC(=O)NNc1ccc(CNNC2=Nc3ccccc3N(N)C23CCNCC3)cc1. The Bertz CT molecular complexity index is 1040. The Morgan fingerprint density at radius 2 is 1.94 bits per heavy atom. The van der Waals surface area contributed by atoms with Gasteiger partial charge >= 0.3 is 6.03 Å². The number of urea groups is 1. The molecular weight excluding hydrogens is 410 g/mol. The van der Waals surface area contributed by atoms with E-state index in [1.807, 2.05) is 41.4 Å². The minimum atomic E-state index is -0.807. The summed E-state index contributed by atoms with van der Waals surface area (Å²) in [6, 6.07) is 14.5. The molecule has 2 amide bonds. The first-order valence-electron chi connectivity index (χ1n) is 10.3. The van der Waals surface area contributed by atoms with Crippen LogP contribution in [0, 0.1) is 0 Å². The number of piperidine rings is 1. The highest BCUT2D eigenvalue weighted by Gasteiger charge is 2.45. The van der Waals surface area contributed by atoms with Crippen molar-refractivity contribution in [2.75, 3.05) is 23.5 Å². The largest absolute Gasteiger partial charge is 0.326 e. The Kier molecular flexibility index (Phi) is 6.38. The normalized spacial score (nSPS) is 16.4. The molecule has 0 unspecified atom stereocenters. The fourth-order valence-corrected chi connectivity index (χ4v) is 3.92. The number of amides is 2. The van der Waals surface area contributed by atoms with Gasteiger partial charge in [-0.05, 0) is 61.3 Å². The van der Waals surface area contributed by atoms with E-state index in [0.717, 1.165) is 48.7 Å². The Morgan fingerprint density at radius 1 is 1.19 bits per heavy atom. The zero-order valence-electron chi connectivity index (χ0n) is 17.4. The Hall–Kier alpha value is -3.83. The van der Waals surface area contributed by atoms with Crippen molar-refractivity contribution in [1.29, 1.82) is 0 Å².